The maximum atomic E-state index is 12.0. The molecule has 1 aromatic rings. The molecular weight excluding hydrogens is 420 g/mol. The number of hydrogen-bond donors (Lipinski definition) is 4. The third kappa shape index (κ3) is 10.7. The second kappa shape index (κ2) is 12.6. The molecular formula is C21H30N4O7. The Balaban J connectivity index is 0.000000547. The van der Waals surface area contributed by atoms with Gasteiger partial charge in [-0.1, -0.05) is 11.8 Å². The molecule has 0 aliphatic carbocycles. The summed E-state index contributed by atoms with van der Waals surface area (Å²) >= 11 is 0. The predicted molar refractivity (Wildman–Crippen MR) is 114 cm³/mol. The van der Waals surface area contributed by atoms with Crippen LogP contribution in [0.3, 0.4) is 0 Å². The summed E-state index contributed by atoms with van der Waals surface area (Å²) < 4.78 is 1.92. The highest BCUT2D eigenvalue weighted by molar-refractivity contribution is 5.89. The smallest absolute Gasteiger partial charge is 0.328 e. The summed E-state index contributed by atoms with van der Waals surface area (Å²) in [5.41, 5.74) is -0.0970. The zero-order valence-corrected chi connectivity index (χ0v) is 18.6. The van der Waals surface area contributed by atoms with Gasteiger partial charge in [0.25, 0.3) is 0 Å². The van der Waals surface area contributed by atoms with Crippen LogP contribution < -0.4 is 5.32 Å². The van der Waals surface area contributed by atoms with Gasteiger partial charge in [0.05, 0.1) is 19.1 Å². The number of carbonyl (C=O) groups is 3. The van der Waals surface area contributed by atoms with Crippen molar-refractivity contribution in [2.45, 2.75) is 58.4 Å². The normalized spacial score (nSPS) is 16.8. The Morgan fingerprint density at radius 1 is 1.28 bits per heavy atom. The second-order valence-electron chi connectivity index (χ2n) is 7.94. The summed E-state index contributed by atoms with van der Waals surface area (Å²) in [6.45, 7) is 9.06. The van der Waals surface area contributed by atoms with E-state index in [2.05, 4.69) is 22.1 Å². The molecule has 32 heavy (non-hydrogen) atoms. The lowest BCUT2D eigenvalue weighted by Crippen LogP contribution is -2.44. The number of carboxylic acids is 2. The number of aliphatic hydroxyl groups excluding tert-OH is 1. The molecule has 1 fully saturated rings. The first kappa shape index (κ1) is 26.8. The third-order valence-electron chi connectivity index (χ3n) is 4.08. The third-order valence-corrected chi connectivity index (χ3v) is 4.08. The lowest BCUT2D eigenvalue weighted by Gasteiger charge is -2.25. The van der Waals surface area contributed by atoms with E-state index in [9.17, 15) is 19.5 Å². The molecule has 2 heterocycles. The Bertz CT molecular complexity index is 861. The molecule has 11 heteroatoms. The maximum Gasteiger partial charge on any atom is 0.328 e. The van der Waals surface area contributed by atoms with Crippen LogP contribution in [0.15, 0.2) is 24.5 Å². The maximum absolute atomic E-state index is 12.0. The van der Waals surface area contributed by atoms with Gasteiger partial charge in [-0.2, -0.15) is 0 Å². The zero-order chi connectivity index (χ0) is 24.3. The summed E-state index contributed by atoms with van der Waals surface area (Å²) in [6.07, 6.45) is 3.61. The van der Waals surface area contributed by atoms with Crippen molar-refractivity contribution >= 4 is 17.8 Å². The summed E-state index contributed by atoms with van der Waals surface area (Å²) in [4.78, 5) is 40.7. The van der Waals surface area contributed by atoms with E-state index in [1.165, 1.54) is 5.06 Å². The summed E-state index contributed by atoms with van der Waals surface area (Å²) in [5, 5.41) is 30.2. The van der Waals surface area contributed by atoms with Gasteiger partial charge in [0.15, 0.2) is 0 Å². The fourth-order valence-electron chi connectivity index (χ4n) is 2.39. The molecule has 0 radical (unpaired) electrons. The van der Waals surface area contributed by atoms with Crippen LogP contribution in [-0.2, 0) is 25.8 Å². The van der Waals surface area contributed by atoms with Crippen LogP contribution in [-0.4, -0.2) is 78.6 Å². The van der Waals surface area contributed by atoms with Crippen molar-refractivity contribution in [1.29, 1.82) is 0 Å². The van der Waals surface area contributed by atoms with Gasteiger partial charge in [-0.05, 0) is 27.7 Å². The minimum absolute atomic E-state index is 0.0970. The fourth-order valence-corrected chi connectivity index (χ4v) is 2.39. The van der Waals surface area contributed by atoms with Crippen molar-refractivity contribution in [3.63, 3.8) is 0 Å². The van der Waals surface area contributed by atoms with Crippen LogP contribution in [0.4, 0.5) is 0 Å². The first-order chi connectivity index (χ1) is 14.9. The molecule has 2 atom stereocenters. The molecule has 1 aliphatic rings. The highest BCUT2D eigenvalue weighted by Gasteiger charge is 2.35. The van der Waals surface area contributed by atoms with Crippen molar-refractivity contribution in [2.75, 3.05) is 13.1 Å². The summed E-state index contributed by atoms with van der Waals surface area (Å²) in [6, 6.07) is 0. The zero-order valence-electron chi connectivity index (χ0n) is 18.6. The number of β-amino-alcohol motifs (C(OH)–C–C–N with tert-alkyl or cyclic N) is 1. The van der Waals surface area contributed by atoms with Gasteiger partial charge in [-0.3, -0.25) is 9.63 Å². The molecule has 4 N–H and O–H groups in total. The van der Waals surface area contributed by atoms with Crippen LogP contribution in [0.1, 0.15) is 33.0 Å². The SMILES string of the molecule is Cc1nccn1CC#CCN1OC(C(O)CNC(C)(C)C)CC1=O.O=C(O)/C=C/C(=O)O. The highest BCUT2D eigenvalue weighted by atomic mass is 16.7. The Morgan fingerprint density at radius 2 is 1.88 bits per heavy atom. The minimum atomic E-state index is -1.26. The molecule has 0 aromatic carbocycles. The molecule has 0 saturated carbocycles. The molecule has 0 bridgehead atoms. The van der Waals surface area contributed by atoms with Gasteiger partial charge in [0.1, 0.15) is 18.5 Å². The van der Waals surface area contributed by atoms with Gasteiger partial charge < -0.3 is 25.2 Å². The topological polar surface area (TPSA) is 154 Å². The van der Waals surface area contributed by atoms with Crippen molar-refractivity contribution in [3.8, 4) is 11.8 Å². The highest BCUT2D eigenvalue weighted by Crippen LogP contribution is 2.18. The summed E-state index contributed by atoms with van der Waals surface area (Å²) in [7, 11) is 0. The predicted octanol–water partition coefficient (Wildman–Crippen LogP) is 0.188. The van der Waals surface area contributed by atoms with E-state index in [0.717, 1.165) is 5.82 Å². The monoisotopic (exact) mass is 450 g/mol. The van der Waals surface area contributed by atoms with Crippen LogP contribution in [0.2, 0.25) is 0 Å². The molecule has 1 aromatic heterocycles. The molecule has 0 spiro atoms. The largest absolute Gasteiger partial charge is 0.478 e. The number of rotatable bonds is 7. The number of hydrogen-bond acceptors (Lipinski definition) is 7. The Labute approximate surface area is 186 Å². The van der Waals surface area contributed by atoms with E-state index in [4.69, 9.17) is 15.1 Å². The molecule has 1 amide bonds. The van der Waals surface area contributed by atoms with E-state index in [-0.39, 0.29) is 24.4 Å². The number of aliphatic hydroxyl groups is 1. The van der Waals surface area contributed by atoms with Crippen molar-refractivity contribution in [1.82, 2.24) is 19.9 Å². The number of imidazole rings is 1. The molecule has 2 unspecified atom stereocenters. The van der Waals surface area contributed by atoms with E-state index < -0.39 is 24.1 Å². The minimum Gasteiger partial charge on any atom is -0.478 e. The average Bonchev–Trinajstić information content (AvgIpc) is 3.27. The second-order valence-corrected chi connectivity index (χ2v) is 7.94. The molecule has 1 aliphatic heterocycles. The number of amides is 1. The number of aliphatic carboxylic acids is 2. The number of carbonyl (C=O) groups excluding carboxylic acids is 1. The Kier molecular flexibility index (Phi) is 10.6. The number of nitrogens with one attached hydrogen (secondary N) is 1. The van der Waals surface area contributed by atoms with Gasteiger partial charge in [-0.25, -0.2) is 19.6 Å². The van der Waals surface area contributed by atoms with Gasteiger partial charge in [-0.15, -0.1) is 0 Å². The van der Waals surface area contributed by atoms with Crippen molar-refractivity contribution < 1.29 is 34.5 Å². The van der Waals surface area contributed by atoms with E-state index in [0.29, 0.717) is 25.2 Å². The van der Waals surface area contributed by atoms with Crippen molar-refractivity contribution in [2.24, 2.45) is 0 Å². The van der Waals surface area contributed by atoms with E-state index in [1.54, 1.807) is 6.20 Å². The van der Waals surface area contributed by atoms with Gasteiger partial charge in [0, 0.05) is 36.6 Å². The molecule has 1 saturated heterocycles. The standard InChI is InChI=1S/C17H26N4O3.C4H4O4/c1-13-18-7-10-20(13)8-5-6-9-21-16(23)11-15(24-21)14(22)12-19-17(2,3)4;5-3(6)1-2-4(7)8/h7,10,14-15,19,22H,8-9,11-12H2,1-4H3;1-2H,(H,5,6)(H,7,8)/b;2-1+. The number of nitrogens with zero attached hydrogens (tertiary/aromatic N) is 3. The molecule has 176 valence electrons. The summed E-state index contributed by atoms with van der Waals surface area (Å²) in [5.74, 6) is 4.14. The quantitative estimate of drug-likeness (QED) is 0.336. The molecule has 2 rings (SSSR count). The van der Waals surface area contributed by atoms with E-state index >= 15 is 0 Å². The van der Waals surface area contributed by atoms with Crippen LogP contribution in [0.25, 0.3) is 0 Å². The van der Waals surface area contributed by atoms with Crippen LogP contribution >= 0.6 is 0 Å². The average molecular weight is 450 g/mol. The Hall–Kier alpha value is -3.20. The Morgan fingerprint density at radius 3 is 2.38 bits per heavy atom. The first-order valence-corrected chi connectivity index (χ1v) is 9.86. The number of aryl methyl sites for hydroxylation is 1. The van der Waals surface area contributed by atoms with Crippen LogP contribution in [0.5, 0.6) is 0 Å². The fraction of sp³-hybridized carbons (Fsp3) is 0.524. The first-order valence-electron chi connectivity index (χ1n) is 9.86. The lowest BCUT2D eigenvalue weighted by molar-refractivity contribution is -0.180. The number of aromatic nitrogens is 2. The number of hydroxylamine groups is 2. The van der Waals surface area contributed by atoms with Gasteiger partial charge >= 0.3 is 11.9 Å². The van der Waals surface area contributed by atoms with Crippen molar-refractivity contribution in [3.05, 3.63) is 30.4 Å². The van der Waals surface area contributed by atoms with Crippen LogP contribution in [0, 0.1) is 18.8 Å². The molecule has 11 nitrogen and oxygen atoms in total. The lowest BCUT2D eigenvalue weighted by atomic mass is 10.1. The van der Waals surface area contributed by atoms with Gasteiger partial charge in [0.2, 0.25) is 5.91 Å². The van der Waals surface area contributed by atoms with E-state index in [1.807, 2.05) is 38.5 Å². The number of carboxylic acid groups (broad SMARTS) is 2.